The molecular formula is C10H6F2N2O2. The predicted octanol–water partition coefficient (Wildman–Crippen LogP) is 1.01. The van der Waals surface area contributed by atoms with Crippen LogP contribution in [0.15, 0.2) is 33.9 Å². The zero-order valence-corrected chi connectivity index (χ0v) is 7.88. The van der Waals surface area contributed by atoms with Crippen molar-refractivity contribution in [1.82, 2.24) is 9.97 Å². The fourth-order valence-electron chi connectivity index (χ4n) is 1.32. The van der Waals surface area contributed by atoms with Gasteiger partial charge in [0.1, 0.15) is 11.6 Å². The maximum absolute atomic E-state index is 13.3. The zero-order chi connectivity index (χ0) is 11.7. The van der Waals surface area contributed by atoms with Crippen LogP contribution in [0.2, 0.25) is 0 Å². The van der Waals surface area contributed by atoms with Crippen molar-refractivity contribution in [2.75, 3.05) is 0 Å². The number of nitrogens with one attached hydrogen (secondary N) is 2. The topological polar surface area (TPSA) is 65.7 Å². The highest BCUT2D eigenvalue weighted by atomic mass is 19.1. The number of benzene rings is 1. The summed E-state index contributed by atoms with van der Waals surface area (Å²) in [5.41, 5.74) is -1.68. The molecule has 2 rings (SSSR count). The van der Waals surface area contributed by atoms with Crippen LogP contribution in [-0.2, 0) is 0 Å². The quantitative estimate of drug-likeness (QED) is 0.759. The van der Waals surface area contributed by atoms with Gasteiger partial charge in [-0.15, -0.1) is 0 Å². The normalized spacial score (nSPS) is 10.4. The number of aromatic amines is 2. The fourth-order valence-corrected chi connectivity index (χ4v) is 1.32. The van der Waals surface area contributed by atoms with Crippen LogP contribution in [0.1, 0.15) is 0 Å². The van der Waals surface area contributed by atoms with Gasteiger partial charge in [-0.2, -0.15) is 0 Å². The molecule has 0 unspecified atom stereocenters. The minimum absolute atomic E-state index is 0.0641. The molecule has 0 saturated heterocycles. The summed E-state index contributed by atoms with van der Waals surface area (Å²) in [6.07, 6.45) is 0. The lowest BCUT2D eigenvalue weighted by molar-refractivity contribution is 0.602. The number of rotatable bonds is 1. The summed E-state index contributed by atoms with van der Waals surface area (Å²) in [4.78, 5) is 26.1. The highest BCUT2D eigenvalue weighted by molar-refractivity contribution is 5.59. The molecule has 0 saturated carbocycles. The third-order valence-corrected chi connectivity index (χ3v) is 1.98. The van der Waals surface area contributed by atoms with Crippen molar-refractivity contribution in [3.05, 3.63) is 56.7 Å². The SMILES string of the molecule is O=c1cc(-c2cc(F)ccc2F)[nH]c(=O)[nH]1. The highest BCUT2D eigenvalue weighted by Gasteiger charge is 2.08. The van der Waals surface area contributed by atoms with E-state index in [4.69, 9.17) is 0 Å². The van der Waals surface area contributed by atoms with Crippen LogP contribution in [0.25, 0.3) is 11.3 Å². The molecule has 6 heteroatoms. The summed E-state index contributed by atoms with van der Waals surface area (Å²) >= 11 is 0. The van der Waals surface area contributed by atoms with Crippen molar-refractivity contribution in [1.29, 1.82) is 0 Å². The first-order chi connectivity index (χ1) is 7.56. The second-order valence-electron chi connectivity index (χ2n) is 3.13. The largest absolute Gasteiger partial charge is 0.326 e. The molecule has 0 aliphatic carbocycles. The van der Waals surface area contributed by atoms with Crippen LogP contribution in [0, 0.1) is 11.6 Å². The van der Waals surface area contributed by atoms with Gasteiger partial charge in [0.15, 0.2) is 0 Å². The Morgan fingerprint density at radius 3 is 2.44 bits per heavy atom. The van der Waals surface area contributed by atoms with E-state index in [1.165, 1.54) is 0 Å². The Hall–Kier alpha value is -2.24. The molecule has 0 atom stereocenters. The lowest BCUT2D eigenvalue weighted by atomic mass is 10.1. The first-order valence-electron chi connectivity index (χ1n) is 4.35. The number of aromatic nitrogens is 2. The Morgan fingerprint density at radius 2 is 1.75 bits per heavy atom. The van der Waals surface area contributed by atoms with Crippen molar-refractivity contribution >= 4 is 0 Å². The molecule has 0 aliphatic rings. The van der Waals surface area contributed by atoms with E-state index in [0.29, 0.717) is 0 Å². The number of H-pyrrole nitrogens is 2. The van der Waals surface area contributed by atoms with E-state index >= 15 is 0 Å². The first-order valence-corrected chi connectivity index (χ1v) is 4.35. The lowest BCUT2D eigenvalue weighted by Crippen LogP contribution is -2.21. The number of hydrogen-bond donors (Lipinski definition) is 2. The van der Waals surface area contributed by atoms with Gasteiger partial charge in [-0.3, -0.25) is 9.78 Å². The lowest BCUT2D eigenvalue weighted by Gasteiger charge is -2.02. The van der Waals surface area contributed by atoms with Gasteiger partial charge in [-0.1, -0.05) is 0 Å². The van der Waals surface area contributed by atoms with Crippen LogP contribution in [-0.4, -0.2) is 9.97 Å². The van der Waals surface area contributed by atoms with Gasteiger partial charge < -0.3 is 4.98 Å². The van der Waals surface area contributed by atoms with Crippen LogP contribution in [0.4, 0.5) is 8.78 Å². The molecule has 0 spiro atoms. The van der Waals surface area contributed by atoms with E-state index in [1.807, 2.05) is 4.98 Å². The highest BCUT2D eigenvalue weighted by Crippen LogP contribution is 2.19. The zero-order valence-electron chi connectivity index (χ0n) is 7.88. The van der Waals surface area contributed by atoms with E-state index in [-0.39, 0.29) is 11.3 Å². The molecule has 4 nitrogen and oxygen atoms in total. The van der Waals surface area contributed by atoms with Crippen LogP contribution in [0.3, 0.4) is 0 Å². The molecule has 0 aliphatic heterocycles. The van der Waals surface area contributed by atoms with Crippen molar-refractivity contribution in [3.8, 4) is 11.3 Å². The van der Waals surface area contributed by atoms with Gasteiger partial charge in [0.25, 0.3) is 5.56 Å². The molecule has 1 aromatic carbocycles. The molecule has 2 N–H and O–H groups in total. The van der Waals surface area contributed by atoms with Gasteiger partial charge in [-0.05, 0) is 18.2 Å². The van der Waals surface area contributed by atoms with E-state index in [0.717, 1.165) is 24.3 Å². The Morgan fingerprint density at radius 1 is 1.00 bits per heavy atom. The molecule has 82 valence electrons. The van der Waals surface area contributed by atoms with Crippen molar-refractivity contribution in [2.24, 2.45) is 0 Å². The Kier molecular flexibility index (Phi) is 2.40. The standard InChI is InChI=1S/C10H6F2N2O2/c11-5-1-2-7(12)6(3-5)8-4-9(15)14-10(16)13-8/h1-4H,(H2,13,14,15,16). The van der Waals surface area contributed by atoms with E-state index < -0.39 is 22.9 Å². The summed E-state index contributed by atoms with van der Waals surface area (Å²) in [7, 11) is 0. The Labute approximate surface area is 87.6 Å². The minimum Gasteiger partial charge on any atom is -0.307 e. The summed E-state index contributed by atoms with van der Waals surface area (Å²) in [5.74, 6) is -1.37. The number of hydrogen-bond acceptors (Lipinski definition) is 2. The maximum atomic E-state index is 13.3. The summed E-state index contributed by atoms with van der Waals surface area (Å²) in [6.45, 7) is 0. The average Bonchev–Trinajstić information content (AvgIpc) is 2.20. The van der Waals surface area contributed by atoms with Gasteiger partial charge in [0.05, 0.1) is 5.69 Å². The van der Waals surface area contributed by atoms with Gasteiger partial charge in [0, 0.05) is 11.6 Å². The second-order valence-corrected chi connectivity index (χ2v) is 3.13. The van der Waals surface area contributed by atoms with Crippen molar-refractivity contribution in [3.63, 3.8) is 0 Å². The van der Waals surface area contributed by atoms with E-state index in [1.54, 1.807) is 0 Å². The number of halogens is 2. The van der Waals surface area contributed by atoms with Crippen molar-refractivity contribution in [2.45, 2.75) is 0 Å². The molecule has 2 aromatic rings. The maximum Gasteiger partial charge on any atom is 0.326 e. The van der Waals surface area contributed by atoms with Crippen LogP contribution >= 0.6 is 0 Å². The molecule has 0 radical (unpaired) electrons. The summed E-state index contributed by atoms with van der Waals surface area (Å²) in [5, 5.41) is 0. The molecule has 1 aromatic heterocycles. The van der Waals surface area contributed by atoms with Crippen molar-refractivity contribution < 1.29 is 8.78 Å². The van der Waals surface area contributed by atoms with Crippen LogP contribution < -0.4 is 11.2 Å². The fraction of sp³-hybridized carbons (Fsp3) is 0. The summed E-state index contributed by atoms with van der Waals surface area (Å²) < 4.78 is 26.2. The molecular weight excluding hydrogens is 218 g/mol. The molecule has 0 fully saturated rings. The third-order valence-electron chi connectivity index (χ3n) is 1.98. The Bertz CT molecular complexity index is 618. The monoisotopic (exact) mass is 224 g/mol. The van der Waals surface area contributed by atoms with Crippen LogP contribution in [0.5, 0.6) is 0 Å². The first kappa shape index (κ1) is 10.3. The van der Waals surface area contributed by atoms with Gasteiger partial charge in [-0.25, -0.2) is 13.6 Å². The minimum atomic E-state index is -0.772. The van der Waals surface area contributed by atoms with E-state index in [2.05, 4.69) is 4.98 Å². The average molecular weight is 224 g/mol. The molecule has 1 heterocycles. The van der Waals surface area contributed by atoms with Gasteiger partial charge >= 0.3 is 5.69 Å². The second kappa shape index (κ2) is 3.73. The van der Waals surface area contributed by atoms with Gasteiger partial charge in [0.2, 0.25) is 0 Å². The third kappa shape index (κ3) is 1.90. The predicted molar refractivity (Wildman–Crippen MR) is 53.0 cm³/mol. The molecule has 16 heavy (non-hydrogen) atoms. The Balaban J connectivity index is 2.71. The smallest absolute Gasteiger partial charge is 0.307 e. The van der Waals surface area contributed by atoms with E-state index in [9.17, 15) is 18.4 Å². The molecule has 0 amide bonds. The summed E-state index contributed by atoms with van der Waals surface area (Å²) in [6, 6.07) is 3.76. The molecule has 0 bridgehead atoms.